The molecule has 1 amide bonds. The van der Waals surface area contributed by atoms with Crippen molar-refractivity contribution in [2.24, 2.45) is 0 Å². The van der Waals surface area contributed by atoms with Crippen LogP contribution in [0.25, 0.3) is 0 Å². The van der Waals surface area contributed by atoms with Crippen molar-refractivity contribution in [2.45, 2.75) is 6.54 Å². The molecular formula is C6H10N4O. The number of rotatable bonds is 2. The van der Waals surface area contributed by atoms with Crippen LogP contribution in [0.5, 0.6) is 0 Å². The fraction of sp³-hybridized carbons (Fsp3) is 0.500. The smallest absolute Gasteiger partial charge is 0.243 e. The first kappa shape index (κ1) is 7.71. The SMILES string of the molecule is CN(C)C(=O)Cn1cncn1. The first-order chi connectivity index (χ1) is 5.20. The first-order valence-electron chi connectivity index (χ1n) is 3.22. The largest absolute Gasteiger partial charge is 0.347 e. The van der Waals surface area contributed by atoms with Gasteiger partial charge < -0.3 is 4.90 Å². The summed E-state index contributed by atoms with van der Waals surface area (Å²) in [5.74, 6) is 0.00972. The van der Waals surface area contributed by atoms with Crippen LogP contribution in [0, 0.1) is 0 Å². The fourth-order valence-electron chi connectivity index (χ4n) is 0.594. The third-order valence-electron chi connectivity index (χ3n) is 1.26. The van der Waals surface area contributed by atoms with Crippen LogP contribution in [0.4, 0.5) is 0 Å². The van der Waals surface area contributed by atoms with Crippen LogP contribution in [0.3, 0.4) is 0 Å². The van der Waals surface area contributed by atoms with Gasteiger partial charge in [-0.2, -0.15) is 5.10 Å². The highest BCUT2D eigenvalue weighted by Crippen LogP contribution is 1.84. The van der Waals surface area contributed by atoms with Gasteiger partial charge in [0.25, 0.3) is 0 Å². The molecule has 5 heteroatoms. The van der Waals surface area contributed by atoms with Crippen molar-refractivity contribution in [2.75, 3.05) is 14.1 Å². The summed E-state index contributed by atoms with van der Waals surface area (Å²) < 4.78 is 1.49. The molecule has 0 aliphatic rings. The maximum atomic E-state index is 11.0. The highest BCUT2D eigenvalue weighted by molar-refractivity contribution is 5.75. The van der Waals surface area contributed by atoms with Crippen LogP contribution in [-0.4, -0.2) is 39.7 Å². The Balaban J connectivity index is 2.50. The van der Waals surface area contributed by atoms with Gasteiger partial charge in [0.05, 0.1) is 0 Å². The van der Waals surface area contributed by atoms with E-state index in [0.29, 0.717) is 0 Å². The van der Waals surface area contributed by atoms with Gasteiger partial charge in [0, 0.05) is 14.1 Å². The summed E-state index contributed by atoms with van der Waals surface area (Å²) in [5, 5.41) is 3.80. The Kier molecular flexibility index (Phi) is 2.20. The van der Waals surface area contributed by atoms with Crippen LogP contribution in [-0.2, 0) is 11.3 Å². The number of nitrogens with zero attached hydrogens (tertiary/aromatic N) is 4. The van der Waals surface area contributed by atoms with E-state index in [1.165, 1.54) is 22.2 Å². The Bertz CT molecular complexity index is 229. The molecule has 0 aliphatic heterocycles. The van der Waals surface area contributed by atoms with Crippen molar-refractivity contribution in [3.63, 3.8) is 0 Å². The summed E-state index contributed by atoms with van der Waals surface area (Å²) >= 11 is 0. The average Bonchev–Trinajstić information content (AvgIpc) is 2.39. The van der Waals surface area contributed by atoms with E-state index in [1.807, 2.05) is 0 Å². The molecule has 0 saturated heterocycles. The van der Waals surface area contributed by atoms with Crippen LogP contribution in [0.1, 0.15) is 0 Å². The van der Waals surface area contributed by atoms with Gasteiger partial charge in [-0.3, -0.25) is 4.79 Å². The number of carbonyl (C=O) groups is 1. The summed E-state index contributed by atoms with van der Waals surface area (Å²) in [6.45, 7) is 0.257. The second kappa shape index (κ2) is 3.14. The van der Waals surface area contributed by atoms with Crippen molar-refractivity contribution >= 4 is 5.91 Å². The second-order valence-electron chi connectivity index (χ2n) is 2.38. The molecule has 0 saturated carbocycles. The molecule has 0 spiro atoms. The zero-order chi connectivity index (χ0) is 8.27. The van der Waals surface area contributed by atoms with Crippen LogP contribution in [0.15, 0.2) is 12.7 Å². The number of amides is 1. The number of aromatic nitrogens is 3. The van der Waals surface area contributed by atoms with Crippen LogP contribution < -0.4 is 0 Å². The van der Waals surface area contributed by atoms with Gasteiger partial charge in [0.1, 0.15) is 19.2 Å². The Morgan fingerprint density at radius 2 is 2.36 bits per heavy atom. The summed E-state index contributed by atoms with van der Waals surface area (Å²) in [7, 11) is 3.42. The molecule has 0 N–H and O–H groups in total. The van der Waals surface area contributed by atoms with E-state index in [2.05, 4.69) is 10.1 Å². The lowest BCUT2D eigenvalue weighted by Crippen LogP contribution is -2.26. The van der Waals surface area contributed by atoms with E-state index in [0.717, 1.165) is 0 Å². The minimum atomic E-state index is 0.00972. The molecule has 1 aromatic rings. The quantitative estimate of drug-likeness (QED) is 0.569. The predicted molar refractivity (Wildman–Crippen MR) is 38.7 cm³/mol. The molecule has 5 nitrogen and oxygen atoms in total. The molecule has 0 bridgehead atoms. The topological polar surface area (TPSA) is 51.0 Å². The number of likely N-dealkylation sites (N-methyl/N-ethyl adjacent to an activating group) is 1. The van der Waals surface area contributed by atoms with E-state index >= 15 is 0 Å². The van der Waals surface area contributed by atoms with E-state index < -0.39 is 0 Å². The summed E-state index contributed by atoms with van der Waals surface area (Å²) in [6, 6.07) is 0. The molecule has 0 fully saturated rings. The van der Waals surface area contributed by atoms with E-state index in [1.54, 1.807) is 14.1 Å². The van der Waals surface area contributed by atoms with Gasteiger partial charge in [-0.25, -0.2) is 9.67 Å². The molecule has 0 atom stereocenters. The van der Waals surface area contributed by atoms with Gasteiger partial charge in [0.15, 0.2) is 0 Å². The van der Waals surface area contributed by atoms with Crippen LogP contribution in [0.2, 0.25) is 0 Å². The third-order valence-corrected chi connectivity index (χ3v) is 1.26. The van der Waals surface area contributed by atoms with Crippen molar-refractivity contribution in [3.8, 4) is 0 Å². The van der Waals surface area contributed by atoms with Crippen LogP contribution >= 0.6 is 0 Å². The lowest BCUT2D eigenvalue weighted by Gasteiger charge is -2.08. The molecule has 0 radical (unpaired) electrons. The highest BCUT2D eigenvalue weighted by atomic mass is 16.2. The maximum absolute atomic E-state index is 11.0. The summed E-state index contributed by atoms with van der Waals surface area (Å²) in [6.07, 6.45) is 2.92. The van der Waals surface area contributed by atoms with E-state index in [9.17, 15) is 4.79 Å². The maximum Gasteiger partial charge on any atom is 0.243 e. The average molecular weight is 154 g/mol. The minimum absolute atomic E-state index is 0.00972. The molecule has 11 heavy (non-hydrogen) atoms. The van der Waals surface area contributed by atoms with Crippen molar-refractivity contribution in [1.82, 2.24) is 19.7 Å². The van der Waals surface area contributed by atoms with Gasteiger partial charge >= 0.3 is 0 Å². The second-order valence-corrected chi connectivity index (χ2v) is 2.38. The first-order valence-corrected chi connectivity index (χ1v) is 3.22. The lowest BCUT2D eigenvalue weighted by atomic mass is 10.5. The van der Waals surface area contributed by atoms with Gasteiger partial charge in [0.2, 0.25) is 5.91 Å². The molecule has 0 unspecified atom stereocenters. The van der Waals surface area contributed by atoms with E-state index in [4.69, 9.17) is 0 Å². The number of hydrogen-bond acceptors (Lipinski definition) is 3. The molecule has 1 aromatic heterocycles. The zero-order valence-electron chi connectivity index (χ0n) is 6.56. The zero-order valence-corrected chi connectivity index (χ0v) is 6.56. The van der Waals surface area contributed by atoms with Crippen molar-refractivity contribution in [1.29, 1.82) is 0 Å². The predicted octanol–water partition coefficient (Wildman–Crippen LogP) is -0.634. The monoisotopic (exact) mass is 154 g/mol. The normalized spacial score (nSPS) is 9.64. The Morgan fingerprint density at radius 3 is 2.82 bits per heavy atom. The Hall–Kier alpha value is -1.39. The summed E-state index contributed by atoms with van der Waals surface area (Å²) in [4.78, 5) is 16.3. The van der Waals surface area contributed by atoms with Crippen molar-refractivity contribution < 1.29 is 4.79 Å². The highest BCUT2D eigenvalue weighted by Gasteiger charge is 2.03. The standard InChI is InChI=1S/C6H10N4O/c1-9(2)6(11)3-10-5-7-4-8-10/h4-5H,3H2,1-2H3. The fourth-order valence-corrected chi connectivity index (χ4v) is 0.594. The molecule has 0 aliphatic carbocycles. The number of hydrogen-bond donors (Lipinski definition) is 0. The molecule has 1 rings (SSSR count). The Labute approximate surface area is 64.6 Å². The number of carbonyl (C=O) groups excluding carboxylic acids is 1. The molecule has 60 valence electrons. The van der Waals surface area contributed by atoms with E-state index in [-0.39, 0.29) is 12.5 Å². The van der Waals surface area contributed by atoms with Gasteiger partial charge in [-0.1, -0.05) is 0 Å². The lowest BCUT2D eigenvalue weighted by molar-refractivity contribution is -0.129. The third kappa shape index (κ3) is 2.03. The van der Waals surface area contributed by atoms with Crippen molar-refractivity contribution in [3.05, 3.63) is 12.7 Å². The summed E-state index contributed by atoms with van der Waals surface area (Å²) in [5.41, 5.74) is 0. The molecule has 1 heterocycles. The molecular weight excluding hydrogens is 144 g/mol. The molecule has 0 aromatic carbocycles. The minimum Gasteiger partial charge on any atom is -0.347 e. The Morgan fingerprint density at radius 1 is 1.64 bits per heavy atom. The van der Waals surface area contributed by atoms with Gasteiger partial charge in [-0.15, -0.1) is 0 Å². The van der Waals surface area contributed by atoms with Gasteiger partial charge in [-0.05, 0) is 0 Å².